The molecule has 9 heteroatoms. The van der Waals surface area contributed by atoms with E-state index in [0.29, 0.717) is 17.4 Å². The van der Waals surface area contributed by atoms with Gasteiger partial charge in [-0.1, -0.05) is 11.8 Å². The van der Waals surface area contributed by atoms with E-state index in [9.17, 15) is 9.59 Å². The first-order chi connectivity index (χ1) is 13.6. The van der Waals surface area contributed by atoms with E-state index in [2.05, 4.69) is 30.3 Å². The quantitative estimate of drug-likeness (QED) is 0.695. The molecule has 4 rings (SSSR count). The Labute approximate surface area is 168 Å². The van der Waals surface area contributed by atoms with Gasteiger partial charge in [-0.25, -0.2) is 0 Å². The number of hydrogen-bond donors (Lipinski definition) is 2. The van der Waals surface area contributed by atoms with E-state index in [-0.39, 0.29) is 17.6 Å². The van der Waals surface area contributed by atoms with Crippen LogP contribution in [0.5, 0.6) is 0 Å². The number of amides is 2. The highest BCUT2D eigenvalue weighted by Gasteiger charge is 2.32. The molecule has 148 valence electrons. The van der Waals surface area contributed by atoms with Crippen LogP contribution < -0.4 is 15.5 Å². The molecular weight excluding hydrogens is 376 g/mol. The average molecular weight is 401 g/mol. The van der Waals surface area contributed by atoms with E-state index in [1.54, 1.807) is 24.3 Å². The third-order valence-electron chi connectivity index (χ3n) is 4.77. The molecule has 1 saturated heterocycles. The number of thioether (sulfide) groups is 1. The predicted octanol–water partition coefficient (Wildman–Crippen LogP) is 2.90. The van der Waals surface area contributed by atoms with Crippen LogP contribution in [0, 0.1) is 0 Å². The summed E-state index contributed by atoms with van der Waals surface area (Å²) in [5.74, 6) is 1.02. The van der Waals surface area contributed by atoms with Gasteiger partial charge in [-0.3, -0.25) is 14.2 Å². The van der Waals surface area contributed by atoms with Gasteiger partial charge in [0.15, 0.2) is 5.16 Å². The van der Waals surface area contributed by atoms with Crippen molar-refractivity contribution in [1.29, 1.82) is 0 Å². The summed E-state index contributed by atoms with van der Waals surface area (Å²) in [5.41, 5.74) is 1.40. The minimum atomic E-state index is -0.124. The minimum Gasteiger partial charge on any atom is -0.341 e. The second kappa shape index (κ2) is 8.22. The Bertz CT molecular complexity index is 856. The summed E-state index contributed by atoms with van der Waals surface area (Å²) in [6.45, 7) is 3.53. The van der Waals surface area contributed by atoms with Crippen LogP contribution in [-0.2, 0) is 9.59 Å². The van der Waals surface area contributed by atoms with Gasteiger partial charge >= 0.3 is 0 Å². The first kappa shape index (κ1) is 18.8. The van der Waals surface area contributed by atoms with Gasteiger partial charge < -0.3 is 15.5 Å². The monoisotopic (exact) mass is 400 g/mol. The molecule has 0 spiro atoms. The van der Waals surface area contributed by atoms with Crippen LogP contribution in [0.3, 0.4) is 0 Å². The van der Waals surface area contributed by atoms with Crippen molar-refractivity contribution in [2.24, 2.45) is 0 Å². The van der Waals surface area contributed by atoms with Crippen molar-refractivity contribution >= 4 is 40.9 Å². The molecule has 2 N–H and O–H groups in total. The van der Waals surface area contributed by atoms with E-state index < -0.39 is 0 Å². The summed E-state index contributed by atoms with van der Waals surface area (Å²) in [6.07, 6.45) is 4.70. The maximum absolute atomic E-state index is 12.3. The summed E-state index contributed by atoms with van der Waals surface area (Å²) < 4.78 is 2.21. The number of rotatable bonds is 7. The highest BCUT2D eigenvalue weighted by atomic mass is 32.2. The molecule has 1 aliphatic heterocycles. The zero-order chi connectivity index (χ0) is 19.5. The van der Waals surface area contributed by atoms with E-state index in [1.807, 2.05) is 0 Å². The standard InChI is InChI=1S/C19H24N6O2S/c1-13(26)20-14-4-6-15(7-5-14)21-17(27)12-28-19-23-22-18(24-10-2-3-11-24)25(19)16-8-9-16/h4-7,16H,2-3,8-12H2,1H3,(H,20,26)(H,21,27). The van der Waals surface area contributed by atoms with Gasteiger partial charge in [0.05, 0.1) is 5.75 Å². The Hall–Kier alpha value is -2.55. The lowest BCUT2D eigenvalue weighted by atomic mass is 10.3. The molecule has 1 aromatic carbocycles. The molecule has 2 fully saturated rings. The molecular formula is C19H24N6O2S. The number of anilines is 3. The van der Waals surface area contributed by atoms with Gasteiger partial charge in [0.1, 0.15) is 0 Å². The predicted molar refractivity (Wildman–Crippen MR) is 110 cm³/mol. The maximum Gasteiger partial charge on any atom is 0.234 e. The van der Waals surface area contributed by atoms with Gasteiger partial charge in [0, 0.05) is 37.4 Å². The maximum atomic E-state index is 12.3. The zero-order valence-electron chi connectivity index (χ0n) is 15.9. The van der Waals surface area contributed by atoms with E-state index in [0.717, 1.165) is 37.0 Å². The van der Waals surface area contributed by atoms with E-state index in [1.165, 1.54) is 31.5 Å². The summed E-state index contributed by atoms with van der Waals surface area (Å²) in [7, 11) is 0. The first-order valence-electron chi connectivity index (χ1n) is 9.60. The average Bonchev–Trinajstić information content (AvgIpc) is 3.18. The molecule has 0 atom stereocenters. The summed E-state index contributed by atoms with van der Waals surface area (Å²) in [6, 6.07) is 7.53. The van der Waals surface area contributed by atoms with Crippen molar-refractivity contribution in [3.63, 3.8) is 0 Å². The Kier molecular flexibility index (Phi) is 5.52. The SMILES string of the molecule is CC(=O)Nc1ccc(NC(=O)CSc2nnc(N3CCCC3)n2C2CC2)cc1. The Morgan fingerprint density at radius 3 is 2.32 bits per heavy atom. The Balaban J connectivity index is 1.35. The van der Waals surface area contributed by atoms with Gasteiger partial charge in [0.2, 0.25) is 17.8 Å². The lowest BCUT2D eigenvalue weighted by Gasteiger charge is -2.17. The van der Waals surface area contributed by atoms with Crippen LogP contribution in [0.1, 0.15) is 38.6 Å². The Morgan fingerprint density at radius 2 is 1.71 bits per heavy atom. The van der Waals surface area contributed by atoms with E-state index >= 15 is 0 Å². The number of nitrogens with one attached hydrogen (secondary N) is 2. The van der Waals surface area contributed by atoms with Crippen LogP contribution >= 0.6 is 11.8 Å². The molecule has 2 heterocycles. The molecule has 0 bridgehead atoms. The lowest BCUT2D eigenvalue weighted by Crippen LogP contribution is -2.22. The minimum absolute atomic E-state index is 0.0923. The van der Waals surface area contributed by atoms with Gasteiger partial charge in [-0.05, 0) is 49.9 Å². The Morgan fingerprint density at radius 1 is 1.07 bits per heavy atom. The smallest absolute Gasteiger partial charge is 0.234 e. The largest absolute Gasteiger partial charge is 0.341 e. The summed E-state index contributed by atoms with van der Waals surface area (Å²) >= 11 is 1.43. The van der Waals surface area contributed by atoms with Crippen molar-refractivity contribution in [1.82, 2.24) is 14.8 Å². The number of nitrogens with zero attached hydrogens (tertiary/aromatic N) is 4. The van der Waals surface area contributed by atoms with Crippen molar-refractivity contribution in [3.05, 3.63) is 24.3 Å². The molecule has 0 unspecified atom stereocenters. The van der Waals surface area contributed by atoms with Gasteiger partial charge in [-0.2, -0.15) is 0 Å². The number of benzene rings is 1. The molecule has 2 aromatic rings. The number of carbonyl (C=O) groups is 2. The van der Waals surface area contributed by atoms with Crippen molar-refractivity contribution in [2.75, 3.05) is 34.4 Å². The zero-order valence-corrected chi connectivity index (χ0v) is 16.7. The second-order valence-electron chi connectivity index (χ2n) is 7.17. The van der Waals surface area contributed by atoms with Crippen LogP contribution in [0.2, 0.25) is 0 Å². The third-order valence-corrected chi connectivity index (χ3v) is 5.71. The summed E-state index contributed by atoms with van der Waals surface area (Å²) in [4.78, 5) is 25.7. The van der Waals surface area contributed by atoms with E-state index in [4.69, 9.17) is 0 Å². The number of carbonyl (C=O) groups excluding carboxylic acids is 2. The first-order valence-corrected chi connectivity index (χ1v) is 10.6. The highest BCUT2D eigenvalue weighted by Crippen LogP contribution is 2.41. The molecule has 2 amide bonds. The van der Waals surface area contributed by atoms with Crippen molar-refractivity contribution in [3.8, 4) is 0 Å². The van der Waals surface area contributed by atoms with Crippen LogP contribution in [0.15, 0.2) is 29.4 Å². The van der Waals surface area contributed by atoms with Crippen LogP contribution in [0.25, 0.3) is 0 Å². The molecule has 2 aliphatic rings. The third kappa shape index (κ3) is 4.46. The molecule has 0 radical (unpaired) electrons. The van der Waals surface area contributed by atoms with Crippen molar-refractivity contribution < 1.29 is 9.59 Å². The topological polar surface area (TPSA) is 92.2 Å². The fourth-order valence-corrected chi connectivity index (χ4v) is 4.12. The van der Waals surface area contributed by atoms with Crippen molar-refractivity contribution in [2.45, 2.75) is 43.8 Å². The lowest BCUT2D eigenvalue weighted by molar-refractivity contribution is -0.114. The number of hydrogen-bond acceptors (Lipinski definition) is 6. The highest BCUT2D eigenvalue weighted by molar-refractivity contribution is 7.99. The molecule has 1 aromatic heterocycles. The van der Waals surface area contributed by atoms with Gasteiger partial charge in [0.25, 0.3) is 0 Å². The number of aromatic nitrogens is 3. The van der Waals surface area contributed by atoms with Gasteiger partial charge in [-0.15, -0.1) is 10.2 Å². The van der Waals surface area contributed by atoms with Crippen LogP contribution in [-0.4, -0.2) is 45.4 Å². The van der Waals surface area contributed by atoms with Crippen LogP contribution in [0.4, 0.5) is 17.3 Å². The molecule has 1 saturated carbocycles. The normalized spacial score (nSPS) is 16.2. The molecule has 8 nitrogen and oxygen atoms in total. The fraction of sp³-hybridized carbons (Fsp3) is 0.474. The molecule has 1 aliphatic carbocycles. The second-order valence-corrected chi connectivity index (χ2v) is 8.12. The molecule has 28 heavy (non-hydrogen) atoms. The fourth-order valence-electron chi connectivity index (χ4n) is 3.32. The summed E-state index contributed by atoms with van der Waals surface area (Å²) in [5, 5.41) is 15.2.